The van der Waals surface area contributed by atoms with Crippen LogP contribution >= 0.6 is 0 Å². The molecule has 7 rings (SSSR count). The Bertz CT molecular complexity index is 3270. The monoisotopic (exact) mass is 919 g/mol. The quantitative estimate of drug-likeness (QED) is 0.0647. The minimum Gasteiger partial charge on any atom is -0.871 e. The zero-order valence-electron chi connectivity index (χ0n) is 32.6. The molecule has 0 fully saturated rings. The van der Waals surface area contributed by atoms with Crippen molar-refractivity contribution in [1.29, 1.82) is 0 Å². The van der Waals surface area contributed by atoms with Crippen LogP contribution in [-0.2, 0) is 30.4 Å². The van der Waals surface area contributed by atoms with Crippen molar-refractivity contribution in [3.63, 3.8) is 0 Å². The van der Waals surface area contributed by atoms with E-state index in [1.807, 2.05) is 18.2 Å². The van der Waals surface area contributed by atoms with Crippen LogP contribution in [-0.4, -0.2) is 38.9 Å². The average Bonchev–Trinajstić information content (AvgIpc) is 3.19. The fourth-order valence-electron chi connectivity index (χ4n) is 5.87. The molecule has 0 amide bonds. The molecule has 24 heteroatoms. The van der Waals surface area contributed by atoms with Crippen LogP contribution in [0.5, 0.6) is 11.5 Å². The molecule has 298 valence electrons. The summed E-state index contributed by atoms with van der Waals surface area (Å²) < 4.78 is 103. The molecule has 0 aliphatic carbocycles. The Kier molecular flexibility index (Phi) is 16.5. The molecule has 0 saturated heterocycles. The van der Waals surface area contributed by atoms with Crippen LogP contribution in [0.2, 0.25) is 0 Å². The van der Waals surface area contributed by atoms with Crippen LogP contribution < -0.4 is 105 Å². The fraction of sp³-hybridized carbons (Fsp3) is 0. The van der Waals surface area contributed by atoms with Gasteiger partial charge in [0.1, 0.15) is 25.6 Å². The third kappa shape index (κ3) is 11.2. The van der Waals surface area contributed by atoms with Gasteiger partial charge in [0.15, 0.2) is 0 Å². The summed E-state index contributed by atoms with van der Waals surface area (Å²) >= 11 is 0. The molecule has 0 aliphatic rings. The van der Waals surface area contributed by atoms with Gasteiger partial charge in [-0.15, -0.1) is 10.2 Å². The minimum atomic E-state index is -5.23. The predicted molar refractivity (Wildman–Crippen MR) is 210 cm³/mol. The third-order valence-electron chi connectivity index (χ3n) is 8.70. The number of fused-ring (bicyclic) bond motifs is 2. The van der Waals surface area contributed by atoms with Gasteiger partial charge >= 0.3 is 88.7 Å². The maximum atomic E-state index is 13.7. The van der Waals surface area contributed by atoms with Crippen molar-refractivity contribution in [3.8, 4) is 22.6 Å². The van der Waals surface area contributed by atoms with E-state index in [0.29, 0.717) is 23.2 Å². The van der Waals surface area contributed by atoms with Crippen molar-refractivity contribution in [2.45, 2.75) is 14.7 Å². The van der Waals surface area contributed by atoms with Gasteiger partial charge in [-0.25, -0.2) is 8.42 Å². The molecule has 0 aromatic heterocycles. The Labute approximate surface area is 419 Å². The summed E-state index contributed by atoms with van der Waals surface area (Å²) in [6.07, 6.45) is 0. The number of nitrogens with zero attached hydrogens (tertiary/aromatic N) is 6. The molecule has 0 saturated carbocycles. The molecule has 0 bridgehead atoms. The van der Waals surface area contributed by atoms with Gasteiger partial charge in [-0.1, -0.05) is 72.2 Å². The predicted octanol–water partition coefficient (Wildman–Crippen LogP) is -0.955. The first-order chi connectivity index (χ1) is 27.9. The summed E-state index contributed by atoms with van der Waals surface area (Å²) in [6, 6.07) is 29.1. The van der Waals surface area contributed by atoms with Crippen LogP contribution in [0.4, 0.5) is 39.8 Å². The first-order valence-corrected chi connectivity index (χ1v) is 20.9. The summed E-state index contributed by atoms with van der Waals surface area (Å²) in [7, 11) is -15.2. The first-order valence-electron chi connectivity index (χ1n) is 16.6. The zero-order chi connectivity index (χ0) is 42.3. The summed E-state index contributed by atoms with van der Waals surface area (Å²) in [5.41, 5.74) is 6.18. The van der Waals surface area contributed by atoms with Crippen molar-refractivity contribution in [3.05, 3.63) is 121 Å². The Hall–Kier alpha value is -4.01. The number of nitrogens with two attached hydrogens (primary N) is 1. The summed E-state index contributed by atoms with van der Waals surface area (Å²) in [5.74, 6) is -1.52. The standard InChI is InChI=1S/C38H27N7O11S3.3Na/c39-34-33-24(20-32(59(54,55)56)37(38(33)47)45-42-27-14-16-28(17-15-27)57(48,49)50)19-31(58(51,52)53)36(34)44-41-26-12-7-22(8-13-26)21-5-10-25(11-6-21)40-43-35-29-4-2-1-3-23(29)9-18-30(35)46;;;/h1-20,46-47H,39H2,(H,48,49,50)(H,51,52,53)(H,54,55,56);;;/q;3*+1/p-3. The van der Waals surface area contributed by atoms with Gasteiger partial charge in [-0.05, 0) is 82.6 Å². The van der Waals surface area contributed by atoms with Gasteiger partial charge in [0.2, 0.25) is 0 Å². The van der Waals surface area contributed by atoms with Crippen LogP contribution in [0.1, 0.15) is 0 Å². The Balaban J connectivity index is 0.00000282. The van der Waals surface area contributed by atoms with Gasteiger partial charge in [0.05, 0.1) is 39.0 Å². The van der Waals surface area contributed by atoms with E-state index in [0.717, 1.165) is 40.8 Å². The number of nitrogen functional groups attached to an aromatic ring is 1. The van der Waals surface area contributed by atoms with Crippen molar-refractivity contribution >= 4 is 91.7 Å². The molecule has 4 N–H and O–H groups in total. The molecule has 18 nitrogen and oxygen atoms in total. The molecular weight excluding hydrogens is 896 g/mol. The van der Waals surface area contributed by atoms with Crippen LogP contribution in [0, 0.1) is 0 Å². The van der Waals surface area contributed by atoms with Gasteiger partial charge in [-0.3, -0.25) is 9.11 Å². The van der Waals surface area contributed by atoms with Gasteiger partial charge in [-0.2, -0.15) is 37.3 Å². The second-order valence-corrected chi connectivity index (χ2v) is 16.7. The van der Waals surface area contributed by atoms with E-state index < -0.39 is 78.6 Å². The number of benzene rings is 7. The maximum absolute atomic E-state index is 13.7. The average molecular weight is 920 g/mol. The van der Waals surface area contributed by atoms with Crippen LogP contribution in [0.3, 0.4) is 0 Å². The molecule has 0 unspecified atom stereocenters. The number of hydrogen-bond donors (Lipinski definition) is 3. The van der Waals surface area contributed by atoms with Crippen molar-refractivity contribution in [2.75, 3.05) is 5.73 Å². The SMILES string of the molecule is Nc1c(N=Nc2ccc(-c3ccc(N=Nc4c([O-])ccc5ccccc45)cc3)cc2)c(S(=O)(=O)O)cc2cc(S(=O)(=O)O)c(N=Nc3ccc(S(=O)(=O)[O-])cc3)c([O-])c12.[Na+].[Na+].[Na+]. The largest absolute Gasteiger partial charge is 1.00 e. The van der Waals surface area contributed by atoms with Gasteiger partial charge in [0.25, 0.3) is 20.2 Å². The zero-order valence-corrected chi connectivity index (χ0v) is 41.1. The van der Waals surface area contributed by atoms with Crippen LogP contribution in [0.25, 0.3) is 32.7 Å². The number of hydrogen-bond acceptors (Lipinski definition) is 16. The Morgan fingerprint density at radius 3 is 1.42 bits per heavy atom. The van der Waals surface area contributed by atoms with E-state index >= 15 is 0 Å². The molecule has 0 aliphatic heterocycles. The smallest absolute Gasteiger partial charge is 0.871 e. The molecule has 0 spiro atoms. The number of rotatable bonds is 10. The van der Waals surface area contributed by atoms with E-state index in [9.17, 15) is 49.1 Å². The van der Waals surface area contributed by atoms with E-state index in [1.165, 1.54) is 18.2 Å². The minimum absolute atomic E-state index is 0. The van der Waals surface area contributed by atoms with Crippen molar-refractivity contribution < 1.29 is 138 Å². The van der Waals surface area contributed by atoms with Crippen molar-refractivity contribution in [1.82, 2.24) is 0 Å². The van der Waals surface area contributed by atoms with E-state index in [2.05, 4.69) is 30.7 Å². The maximum Gasteiger partial charge on any atom is 1.00 e. The molecular formula is C38H24N7Na3O11S3. The topological polar surface area (TPSA) is 312 Å². The summed E-state index contributed by atoms with van der Waals surface area (Å²) in [5, 5.41) is 50.5. The molecule has 62 heavy (non-hydrogen) atoms. The molecule has 7 aromatic carbocycles. The van der Waals surface area contributed by atoms with Gasteiger partial charge < -0.3 is 20.5 Å². The van der Waals surface area contributed by atoms with Gasteiger partial charge in [0, 0.05) is 10.8 Å². The normalized spacial score (nSPS) is 12.1. The van der Waals surface area contributed by atoms with E-state index in [-0.39, 0.29) is 111 Å². The fourth-order valence-corrected chi connectivity index (χ4v) is 7.66. The Morgan fingerprint density at radius 1 is 0.500 bits per heavy atom. The first kappa shape index (κ1) is 50.6. The third-order valence-corrected chi connectivity index (χ3v) is 11.3. The summed E-state index contributed by atoms with van der Waals surface area (Å²) in [4.78, 5) is -2.66. The van der Waals surface area contributed by atoms with Crippen molar-refractivity contribution in [2.24, 2.45) is 30.7 Å². The van der Waals surface area contributed by atoms with Crippen LogP contribution in [0.15, 0.2) is 167 Å². The molecule has 7 aromatic rings. The van der Waals surface area contributed by atoms with E-state index in [4.69, 9.17) is 5.73 Å². The molecule has 0 heterocycles. The second kappa shape index (κ2) is 20.2. The molecule has 0 radical (unpaired) electrons. The Morgan fingerprint density at radius 2 is 0.935 bits per heavy atom. The number of azo groups is 3. The molecule has 0 atom stereocenters. The van der Waals surface area contributed by atoms with E-state index in [1.54, 1.807) is 48.5 Å². The summed E-state index contributed by atoms with van der Waals surface area (Å²) in [6.45, 7) is 0. The number of anilines is 1. The second-order valence-electron chi connectivity index (χ2n) is 12.5.